The number of hydroxylamine groups is 1. The minimum absolute atomic E-state index is 0.163. The quantitative estimate of drug-likeness (QED) is 0.771. The fourth-order valence-electron chi connectivity index (χ4n) is 1.41. The van der Waals surface area contributed by atoms with Gasteiger partial charge < -0.3 is 4.74 Å². The molecule has 1 rings (SSSR count). The Labute approximate surface area is 115 Å². The molecule has 1 aromatic carbocycles. The molecule has 0 atom stereocenters. The smallest absolute Gasteiger partial charge is 0.246 e. The second kappa shape index (κ2) is 7.79. The monoisotopic (exact) mass is 265 g/mol. The summed E-state index contributed by atoms with van der Waals surface area (Å²) in [7, 11) is 0. The van der Waals surface area contributed by atoms with Gasteiger partial charge in [0.15, 0.2) is 0 Å². The molecule has 1 aromatic rings. The number of hydrogen-bond acceptors (Lipinski definition) is 3. The van der Waals surface area contributed by atoms with Gasteiger partial charge in [-0.3, -0.25) is 9.63 Å². The van der Waals surface area contributed by atoms with E-state index in [1.54, 1.807) is 0 Å². The molecule has 0 bridgehead atoms. The lowest BCUT2D eigenvalue weighted by atomic mass is 10.1. The maximum absolute atomic E-state index is 11.4. The SMILES string of the molecule is Cc1ccc(OCCC(=O)NOCC(C)C)cc1C. The summed E-state index contributed by atoms with van der Waals surface area (Å²) in [5, 5.41) is 0. The highest BCUT2D eigenvalue weighted by atomic mass is 16.7. The van der Waals surface area contributed by atoms with Gasteiger partial charge in [0.25, 0.3) is 0 Å². The van der Waals surface area contributed by atoms with E-state index in [2.05, 4.69) is 12.4 Å². The van der Waals surface area contributed by atoms with Crippen molar-refractivity contribution in [3.8, 4) is 5.75 Å². The van der Waals surface area contributed by atoms with Crippen LogP contribution in [-0.2, 0) is 9.63 Å². The standard InChI is InChI=1S/C15H23NO3/c1-11(2)10-19-16-15(17)7-8-18-14-6-5-12(3)13(4)9-14/h5-6,9,11H,7-8,10H2,1-4H3,(H,16,17). The van der Waals surface area contributed by atoms with Gasteiger partial charge in [-0.2, -0.15) is 0 Å². The molecule has 0 unspecified atom stereocenters. The maximum Gasteiger partial charge on any atom is 0.246 e. The first-order chi connectivity index (χ1) is 8.99. The van der Waals surface area contributed by atoms with E-state index in [0.29, 0.717) is 19.1 Å². The van der Waals surface area contributed by atoms with Crippen LogP contribution in [0.1, 0.15) is 31.4 Å². The van der Waals surface area contributed by atoms with E-state index in [-0.39, 0.29) is 12.3 Å². The molecular weight excluding hydrogens is 242 g/mol. The van der Waals surface area contributed by atoms with Gasteiger partial charge in [-0.15, -0.1) is 0 Å². The summed E-state index contributed by atoms with van der Waals surface area (Å²) in [6.07, 6.45) is 0.283. The van der Waals surface area contributed by atoms with Crippen LogP contribution in [0.25, 0.3) is 0 Å². The maximum atomic E-state index is 11.4. The summed E-state index contributed by atoms with van der Waals surface area (Å²) in [5.41, 5.74) is 4.81. The predicted molar refractivity (Wildman–Crippen MR) is 75.0 cm³/mol. The molecule has 0 aliphatic heterocycles. The molecule has 0 spiro atoms. The Morgan fingerprint density at radius 2 is 2.00 bits per heavy atom. The van der Waals surface area contributed by atoms with E-state index >= 15 is 0 Å². The summed E-state index contributed by atoms with van der Waals surface area (Å²) in [5.74, 6) is 1.02. The molecule has 0 saturated carbocycles. The summed E-state index contributed by atoms with van der Waals surface area (Å²) in [4.78, 5) is 16.5. The molecule has 4 nitrogen and oxygen atoms in total. The number of nitrogens with one attached hydrogen (secondary N) is 1. The molecule has 4 heteroatoms. The molecule has 0 aliphatic rings. The first-order valence-electron chi connectivity index (χ1n) is 6.59. The zero-order valence-electron chi connectivity index (χ0n) is 12.2. The molecule has 0 radical (unpaired) electrons. The van der Waals surface area contributed by atoms with E-state index in [4.69, 9.17) is 9.57 Å². The minimum atomic E-state index is -0.163. The molecule has 1 amide bonds. The zero-order chi connectivity index (χ0) is 14.3. The van der Waals surface area contributed by atoms with Gasteiger partial charge in [-0.05, 0) is 43.0 Å². The summed E-state index contributed by atoms with van der Waals surface area (Å²) in [6.45, 7) is 9.00. The van der Waals surface area contributed by atoms with Crippen molar-refractivity contribution in [2.24, 2.45) is 5.92 Å². The number of carbonyl (C=O) groups excluding carboxylic acids is 1. The third-order valence-electron chi connectivity index (χ3n) is 2.68. The first-order valence-corrected chi connectivity index (χ1v) is 6.59. The predicted octanol–water partition coefficient (Wildman–Crippen LogP) is 2.78. The van der Waals surface area contributed by atoms with Gasteiger partial charge in [0.2, 0.25) is 5.91 Å². The zero-order valence-corrected chi connectivity index (χ0v) is 12.2. The van der Waals surface area contributed by atoms with Crippen LogP contribution in [-0.4, -0.2) is 19.1 Å². The number of rotatable bonds is 7. The van der Waals surface area contributed by atoms with Crippen molar-refractivity contribution in [3.05, 3.63) is 29.3 Å². The molecule has 0 saturated heterocycles. The Hall–Kier alpha value is -1.55. The van der Waals surface area contributed by atoms with Crippen molar-refractivity contribution in [2.75, 3.05) is 13.2 Å². The van der Waals surface area contributed by atoms with Crippen LogP contribution in [0.3, 0.4) is 0 Å². The first kappa shape index (κ1) is 15.5. The molecule has 0 fully saturated rings. The van der Waals surface area contributed by atoms with Crippen LogP contribution in [0, 0.1) is 19.8 Å². The van der Waals surface area contributed by atoms with Crippen molar-refractivity contribution in [1.29, 1.82) is 0 Å². The van der Waals surface area contributed by atoms with E-state index in [9.17, 15) is 4.79 Å². The van der Waals surface area contributed by atoms with E-state index in [0.717, 1.165) is 5.75 Å². The fraction of sp³-hybridized carbons (Fsp3) is 0.533. The Morgan fingerprint density at radius 1 is 1.26 bits per heavy atom. The fourth-order valence-corrected chi connectivity index (χ4v) is 1.41. The highest BCUT2D eigenvalue weighted by Crippen LogP contribution is 2.16. The normalized spacial score (nSPS) is 10.6. The highest BCUT2D eigenvalue weighted by molar-refractivity contribution is 5.74. The van der Waals surface area contributed by atoms with Crippen molar-refractivity contribution >= 4 is 5.91 Å². The van der Waals surface area contributed by atoms with Crippen LogP contribution in [0.2, 0.25) is 0 Å². The van der Waals surface area contributed by atoms with E-state index in [1.807, 2.05) is 39.0 Å². The Morgan fingerprint density at radius 3 is 2.63 bits per heavy atom. The molecule has 0 heterocycles. The number of benzene rings is 1. The summed E-state index contributed by atoms with van der Waals surface area (Å²) < 4.78 is 5.52. The molecule has 0 aromatic heterocycles. The van der Waals surface area contributed by atoms with Crippen LogP contribution >= 0.6 is 0 Å². The molecule has 0 aliphatic carbocycles. The number of amides is 1. The average Bonchev–Trinajstić information content (AvgIpc) is 2.33. The Kier molecular flexibility index (Phi) is 6.36. The summed E-state index contributed by atoms with van der Waals surface area (Å²) >= 11 is 0. The summed E-state index contributed by atoms with van der Waals surface area (Å²) in [6, 6.07) is 5.90. The Bertz CT molecular complexity index is 416. The number of carbonyl (C=O) groups is 1. The van der Waals surface area contributed by atoms with Gasteiger partial charge in [-0.25, -0.2) is 5.48 Å². The number of aryl methyl sites for hydroxylation is 2. The van der Waals surface area contributed by atoms with Crippen molar-refractivity contribution < 1.29 is 14.4 Å². The topological polar surface area (TPSA) is 47.6 Å². The highest BCUT2D eigenvalue weighted by Gasteiger charge is 2.03. The van der Waals surface area contributed by atoms with Crippen LogP contribution in [0.15, 0.2) is 18.2 Å². The number of hydrogen-bond donors (Lipinski definition) is 1. The largest absolute Gasteiger partial charge is 0.493 e. The van der Waals surface area contributed by atoms with Crippen molar-refractivity contribution in [2.45, 2.75) is 34.1 Å². The second-order valence-electron chi connectivity index (χ2n) is 5.07. The van der Waals surface area contributed by atoms with Gasteiger partial charge in [0, 0.05) is 0 Å². The molecule has 106 valence electrons. The lowest BCUT2D eigenvalue weighted by molar-refractivity contribution is -0.134. The van der Waals surface area contributed by atoms with Crippen molar-refractivity contribution in [1.82, 2.24) is 5.48 Å². The minimum Gasteiger partial charge on any atom is -0.493 e. The lowest BCUT2D eigenvalue weighted by Crippen LogP contribution is -2.26. The van der Waals surface area contributed by atoms with E-state index < -0.39 is 0 Å². The van der Waals surface area contributed by atoms with Crippen LogP contribution in [0.5, 0.6) is 5.75 Å². The van der Waals surface area contributed by atoms with Crippen LogP contribution in [0.4, 0.5) is 0 Å². The Balaban J connectivity index is 2.22. The second-order valence-corrected chi connectivity index (χ2v) is 5.07. The third kappa shape index (κ3) is 6.25. The van der Waals surface area contributed by atoms with E-state index in [1.165, 1.54) is 11.1 Å². The van der Waals surface area contributed by atoms with Gasteiger partial charge in [-0.1, -0.05) is 19.9 Å². The lowest BCUT2D eigenvalue weighted by Gasteiger charge is -2.09. The molecule has 19 heavy (non-hydrogen) atoms. The van der Waals surface area contributed by atoms with Crippen molar-refractivity contribution in [3.63, 3.8) is 0 Å². The van der Waals surface area contributed by atoms with Gasteiger partial charge in [0.05, 0.1) is 19.6 Å². The molecule has 1 N–H and O–H groups in total. The van der Waals surface area contributed by atoms with Crippen LogP contribution < -0.4 is 10.2 Å². The number of ether oxygens (including phenoxy) is 1. The third-order valence-corrected chi connectivity index (χ3v) is 2.68. The van der Waals surface area contributed by atoms with Gasteiger partial charge in [0.1, 0.15) is 5.75 Å². The van der Waals surface area contributed by atoms with Gasteiger partial charge >= 0.3 is 0 Å². The average molecular weight is 265 g/mol. The molecular formula is C15H23NO3.